The summed E-state index contributed by atoms with van der Waals surface area (Å²) in [4.78, 5) is 7.26. The average Bonchev–Trinajstić information content (AvgIpc) is 2.75. The van der Waals surface area contributed by atoms with Crippen LogP contribution in [-0.2, 0) is 6.54 Å². The molecule has 0 aliphatic carbocycles. The Balaban J connectivity index is 2.02. The number of hydrogen-bond acceptors (Lipinski definition) is 4. The van der Waals surface area contributed by atoms with Gasteiger partial charge in [-0.15, -0.1) is 11.3 Å². The molecule has 3 nitrogen and oxygen atoms in total. The standard InChI is InChI=1S/C15H27N3S/c1-5-6-13-8-18(14(7-16-13)11(2)3)9-15-17-12(4)10-19-15/h10-11,13-14,16H,5-9H2,1-4H3. The fourth-order valence-electron chi connectivity index (χ4n) is 2.93. The first kappa shape index (κ1) is 14.9. The molecule has 1 saturated heterocycles. The Bertz CT molecular complexity index is 388. The predicted molar refractivity (Wildman–Crippen MR) is 82.6 cm³/mol. The Morgan fingerprint density at radius 1 is 1.53 bits per heavy atom. The van der Waals surface area contributed by atoms with Crippen LogP contribution < -0.4 is 5.32 Å². The van der Waals surface area contributed by atoms with E-state index in [4.69, 9.17) is 0 Å². The van der Waals surface area contributed by atoms with Gasteiger partial charge in [0.25, 0.3) is 0 Å². The zero-order valence-electron chi connectivity index (χ0n) is 12.6. The molecule has 0 aromatic carbocycles. The summed E-state index contributed by atoms with van der Waals surface area (Å²) < 4.78 is 0. The van der Waals surface area contributed by atoms with Gasteiger partial charge < -0.3 is 5.32 Å². The van der Waals surface area contributed by atoms with E-state index in [0.29, 0.717) is 18.0 Å². The van der Waals surface area contributed by atoms with Crippen molar-refractivity contribution in [1.29, 1.82) is 0 Å². The second-order valence-electron chi connectivity index (χ2n) is 6.02. The van der Waals surface area contributed by atoms with Gasteiger partial charge in [-0.1, -0.05) is 27.2 Å². The lowest BCUT2D eigenvalue weighted by atomic mass is 9.97. The van der Waals surface area contributed by atoms with E-state index in [0.717, 1.165) is 25.3 Å². The molecule has 108 valence electrons. The van der Waals surface area contributed by atoms with E-state index >= 15 is 0 Å². The van der Waals surface area contributed by atoms with E-state index in [1.165, 1.54) is 17.8 Å². The second kappa shape index (κ2) is 6.82. The minimum atomic E-state index is 0.636. The third-order valence-electron chi connectivity index (χ3n) is 3.95. The highest BCUT2D eigenvalue weighted by Gasteiger charge is 2.29. The number of hydrogen-bond donors (Lipinski definition) is 1. The fraction of sp³-hybridized carbons (Fsp3) is 0.800. The van der Waals surface area contributed by atoms with Crippen molar-refractivity contribution in [3.05, 3.63) is 16.1 Å². The number of nitrogens with zero attached hydrogens (tertiary/aromatic N) is 2. The normalized spacial score (nSPS) is 25.1. The summed E-state index contributed by atoms with van der Waals surface area (Å²) in [6.45, 7) is 12.3. The van der Waals surface area contributed by atoms with Crippen LogP contribution in [0.5, 0.6) is 0 Å². The molecule has 0 radical (unpaired) electrons. The minimum absolute atomic E-state index is 0.636. The summed E-state index contributed by atoms with van der Waals surface area (Å²) in [5, 5.41) is 7.14. The van der Waals surface area contributed by atoms with Gasteiger partial charge >= 0.3 is 0 Å². The molecule has 4 heteroatoms. The molecule has 1 aromatic heterocycles. The van der Waals surface area contributed by atoms with Crippen molar-refractivity contribution in [2.45, 2.75) is 59.2 Å². The van der Waals surface area contributed by atoms with Crippen molar-refractivity contribution in [3.8, 4) is 0 Å². The highest BCUT2D eigenvalue weighted by atomic mass is 32.1. The van der Waals surface area contributed by atoms with Crippen LogP contribution in [0.4, 0.5) is 0 Å². The topological polar surface area (TPSA) is 28.2 Å². The minimum Gasteiger partial charge on any atom is -0.311 e. The smallest absolute Gasteiger partial charge is 0.107 e. The molecule has 0 saturated carbocycles. The van der Waals surface area contributed by atoms with E-state index in [1.807, 2.05) is 0 Å². The third-order valence-corrected chi connectivity index (χ3v) is 4.90. The van der Waals surface area contributed by atoms with E-state index in [9.17, 15) is 0 Å². The Labute approximate surface area is 121 Å². The Morgan fingerprint density at radius 3 is 2.89 bits per heavy atom. The summed E-state index contributed by atoms with van der Waals surface area (Å²) in [6, 6.07) is 1.29. The number of piperazine rings is 1. The second-order valence-corrected chi connectivity index (χ2v) is 6.96. The maximum atomic E-state index is 4.63. The van der Waals surface area contributed by atoms with Gasteiger partial charge in [0, 0.05) is 36.2 Å². The summed E-state index contributed by atoms with van der Waals surface area (Å²) in [5.74, 6) is 0.691. The molecule has 1 aliphatic rings. The van der Waals surface area contributed by atoms with Crippen LogP contribution in [0, 0.1) is 12.8 Å². The molecule has 0 spiro atoms. The van der Waals surface area contributed by atoms with Gasteiger partial charge in [0.05, 0.1) is 6.54 Å². The summed E-state index contributed by atoms with van der Waals surface area (Å²) in [5.41, 5.74) is 1.15. The highest BCUT2D eigenvalue weighted by molar-refractivity contribution is 7.09. The molecule has 2 rings (SSSR count). The molecular formula is C15H27N3S. The lowest BCUT2D eigenvalue weighted by Crippen LogP contribution is -2.57. The molecule has 1 aliphatic heterocycles. The van der Waals surface area contributed by atoms with Gasteiger partial charge in [-0.3, -0.25) is 4.90 Å². The number of rotatable bonds is 5. The molecule has 2 heterocycles. The predicted octanol–water partition coefficient (Wildman–Crippen LogP) is 3.05. The van der Waals surface area contributed by atoms with Crippen LogP contribution in [0.15, 0.2) is 5.38 Å². The van der Waals surface area contributed by atoms with Crippen LogP contribution >= 0.6 is 11.3 Å². The number of thiazole rings is 1. The molecule has 0 amide bonds. The van der Waals surface area contributed by atoms with Crippen molar-refractivity contribution in [1.82, 2.24) is 15.2 Å². The third kappa shape index (κ3) is 4.01. The average molecular weight is 281 g/mol. The molecule has 19 heavy (non-hydrogen) atoms. The fourth-order valence-corrected chi connectivity index (χ4v) is 3.73. The van der Waals surface area contributed by atoms with Crippen LogP contribution in [-0.4, -0.2) is 35.1 Å². The summed E-state index contributed by atoms with van der Waals surface area (Å²) in [7, 11) is 0. The first-order valence-electron chi connectivity index (χ1n) is 7.48. The molecule has 0 bridgehead atoms. The largest absolute Gasteiger partial charge is 0.311 e. The zero-order chi connectivity index (χ0) is 13.8. The van der Waals surface area contributed by atoms with E-state index in [1.54, 1.807) is 11.3 Å². The molecule has 2 unspecified atom stereocenters. The van der Waals surface area contributed by atoms with Gasteiger partial charge in [0.2, 0.25) is 0 Å². The van der Waals surface area contributed by atoms with Crippen molar-refractivity contribution >= 4 is 11.3 Å². The van der Waals surface area contributed by atoms with E-state index in [-0.39, 0.29) is 0 Å². The maximum Gasteiger partial charge on any atom is 0.107 e. The van der Waals surface area contributed by atoms with Gasteiger partial charge in [0.1, 0.15) is 5.01 Å². The molecule has 1 N–H and O–H groups in total. The lowest BCUT2D eigenvalue weighted by molar-refractivity contribution is 0.0884. The van der Waals surface area contributed by atoms with E-state index in [2.05, 4.69) is 48.3 Å². The number of aryl methyl sites for hydroxylation is 1. The van der Waals surface area contributed by atoms with Crippen LogP contribution in [0.25, 0.3) is 0 Å². The van der Waals surface area contributed by atoms with Crippen molar-refractivity contribution in [2.24, 2.45) is 5.92 Å². The molecular weight excluding hydrogens is 254 g/mol. The number of nitrogens with one attached hydrogen (secondary N) is 1. The Hall–Kier alpha value is -0.450. The highest BCUT2D eigenvalue weighted by Crippen LogP contribution is 2.21. The van der Waals surface area contributed by atoms with Gasteiger partial charge in [0.15, 0.2) is 0 Å². The Kier molecular flexibility index (Phi) is 5.37. The first-order valence-corrected chi connectivity index (χ1v) is 8.36. The lowest BCUT2D eigenvalue weighted by Gasteiger charge is -2.42. The van der Waals surface area contributed by atoms with E-state index < -0.39 is 0 Å². The van der Waals surface area contributed by atoms with Crippen LogP contribution in [0.3, 0.4) is 0 Å². The van der Waals surface area contributed by atoms with Crippen LogP contribution in [0.2, 0.25) is 0 Å². The summed E-state index contributed by atoms with van der Waals surface area (Å²) in [6.07, 6.45) is 2.53. The zero-order valence-corrected chi connectivity index (χ0v) is 13.5. The monoisotopic (exact) mass is 281 g/mol. The quantitative estimate of drug-likeness (QED) is 0.899. The molecule has 2 atom stereocenters. The SMILES string of the molecule is CCCC1CN(Cc2nc(C)cs2)C(C(C)C)CN1. The molecule has 1 fully saturated rings. The van der Waals surface area contributed by atoms with Crippen molar-refractivity contribution < 1.29 is 0 Å². The molecule has 1 aromatic rings. The van der Waals surface area contributed by atoms with Gasteiger partial charge in [-0.25, -0.2) is 4.98 Å². The van der Waals surface area contributed by atoms with Crippen molar-refractivity contribution in [3.63, 3.8) is 0 Å². The van der Waals surface area contributed by atoms with Gasteiger partial charge in [-0.2, -0.15) is 0 Å². The number of aromatic nitrogens is 1. The maximum absolute atomic E-state index is 4.63. The van der Waals surface area contributed by atoms with Crippen LogP contribution in [0.1, 0.15) is 44.3 Å². The Morgan fingerprint density at radius 2 is 2.32 bits per heavy atom. The summed E-state index contributed by atoms with van der Waals surface area (Å²) >= 11 is 1.80. The van der Waals surface area contributed by atoms with Gasteiger partial charge in [-0.05, 0) is 19.3 Å². The first-order chi connectivity index (χ1) is 9.10. The van der Waals surface area contributed by atoms with Crippen molar-refractivity contribution in [2.75, 3.05) is 13.1 Å².